The number of carbonyl (C=O) groups is 4. The highest BCUT2D eigenvalue weighted by Crippen LogP contribution is 2.29. The Morgan fingerprint density at radius 1 is 0.907 bits per heavy atom. The van der Waals surface area contributed by atoms with Gasteiger partial charge in [-0.2, -0.15) is 8.42 Å². The third-order valence-corrected chi connectivity index (χ3v) is 5.72. The van der Waals surface area contributed by atoms with E-state index >= 15 is 0 Å². The van der Waals surface area contributed by atoms with Crippen molar-refractivity contribution >= 4 is 45.4 Å². The van der Waals surface area contributed by atoms with E-state index in [1.54, 1.807) is 57.2 Å². The monoisotopic (exact) mass is 613 g/mol. The minimum atomic E-state index is -3.67. The van der Waals surface area contributed by atoms with Crippen molar-refractivity contribution in [3.05, 3.63) is 82.7 Å². The van der Waals surface area contributed by atoms with E-state index in [1.807, 2.05) is 0 Å². The van der Waals surface area contributed by atoms with Gasteiger partial charge in [0, 0.05) is 28.1 Å². The second-order valence-corrected chi connectivity index (χ2v) is 11.1. The SMILES string of the molecule is CS(=O)(=O)O.Cc1ccc(-c2ccc(C(=O)N[C@H](C(=O)O)C(C)C)cc2C(=O)O)c(C(=O)Nc2ccc(C(=N)N)cc2)n1. The van der Waals surface area contributed by atoms with Gasteiger partial charge in [0.05, 0.1) is 11.8 Å². The van der Waals surface area contributed by atoms with Gasteiger partial charge >= 0.3 is 11.9 Å². The molecule has 3 aromatic rings. The van der Waals surface area contributed by atoms with Crippen molar-refractivity contribution in [1.29, 1.82) is 5.41 Å². The molecule has 0 aliphatic carbocycles. The van der Waals surface area contributed by atoms with Gasteiger partial charge in [0.2, 0.25) is 0 Å². The van der Waals surface area contributed by atoms with Gasteiger partial charge in [0.1, 0.15) is 17.6 Å². The number of nitrogen functional groups attached to an aromatic ring is 1. The second-order valence-electron chi connectivity index (χ2n) is 9.63. The van der Waals surface area contributed by atoms with Crippen LogP contribution in [0.25, 0.3) is 11.1 Å². The summed E-state index contributed by atoms with van der Waals surface area (Å²) in [6.45, 7) is 4.96. The average molecular weight is 614 g/mol. The fourth-order valence-corrected chi connectivity index (χ4v) is 3.71. The van der Waals surface area contributed by atoms with Crippen LogP contribution in [0.2, 0.25) is 0 Å². The Kier molecular flexibility index (Phi) is 11.2. The molecule has 0 unspecified atom stereocenters. The Hall–Kier alpha value is -5.15. The molecule has 0 radical (unpaired) electrons. The molecule has 0 aliphatic heterocycles. The molecule has 8 N–H and O–H groups in total. The molecular formula is C28H31N5O9S. The van der Waals surface area contributed by atoms with E-state index in [0.29, 0.717) is 23.2 Å². The van der Waals surface area contributed by atoms with Crippen LogP contribution < -0.4 is 16.4 Å². The van der Waals surface area contributed by atoms with Crippen LogP contribution in [0.3, 0.4) is 0 Å². The molecule has 0 saturated carbocycles. The number of carbonyl (C=O) groups excluding carboxylic acids is 2. The zero-order chi connectivity index (χ0) is 32.6. The van der Waals surface area contributed by atoms with Crippen LogP contribution in [0.4, 0.5) is 5.69 Å². The number of aryl methyl sites for hydroxylation is 1. The Morgan fingerprint density at radius 2 is 1.44 bits per heavy atom. The first kappa shape index (κ1) is 34.1. The van der Waals surface area contributed by atoms with E-state index in [4.69, 9.17) is 15.7 Å². The second kappa shape index (κ2) is 14.2. The standard InChI is InChI=1S/C27H27N5O6.CH4O3S/c1-13(2)21(27(37)38)32-24(33)16-7-11-18(20(12-16)26(35)36)19-10-4-14(3)30-22(19)25(34)31-17-8-5-15(6-9-17)23(28)29;1-5(2,3)4/h4-13,21H,1-3H3,(H3,28,29)(H,31,34)(H,32,33)(H,35,36)(H,37,38);1H3,(H,2,3,4)/t21-;/m0./s1. The summed E-state index contributed by atoms with van der Waals surface area (Å²) in [5.41, 5.74) is 6.91. The number of amides is 2. The number of aromatic nitrogens is 1. The minimum absolute atomic E-state index is 0.0360. The quantitative estimate of drug-likeness (QED) is 0.105. The molecule has 3 rings (SSSR count). The van der Waals surface area contributed by atoms with Crippen LogP contribution in [0.1, 0.15) is 56.3 Å². The molecule has 0 saturated heterocycles. The highest BCUT2D eigenvalue weighted by Gasteiger charge is 2.26. The lowest BCUT2D eigenvalue weighted by Gasteiger charge is -2.18. The van der Waals surface area contributed by atoms with Gasteiger partial charge in [-0.3, -0.25) is 19.6 Å². The number of carboxylic acid groups (broad SMARTS) is 2. The Labute approximate surface area is 247 Å². The number of benzene rings is 2. The fourth-order valence-electron chi connectivity index (χ4n) is 3.71. The molecule has 43 heavy (non-hydrogen) atoms. The normalized spacial score (nSPS) is 11.5. The van der Waals surface area contributed by atoms with Crippen LogP contribution in [0.5, 0.6) is 0 Å². The number of anilines is 1. The topological polar surface area (TPSA) is 250 Å². The smallest absolute Gasteiger partial charge is 0.336 e. The molecule has 228 valence electrons. The number of hydrogen-bond acceptors (Lipinski definition) is 8. The van der Waals surface area contributed by atoms with Gasteiger partial charge in [0.15, 0.2) is 0 Å². The lowest BCUT2D eigenvalue weighted by molar-refractivity contribution is -0.140. The molecule has 1 aromatic heterocycles. The van der Waals surface area contributed by atoms with Crippen molar-refractivity contribution in [2.75, 3.05) is 11.6 Å². The van der Waals surface area contributed by atoms with Crippen molar-refractivity contribution in [3.63, 3.8) is 0 Å². The molecule has 1 atom stereocenters. The summed E-state index contributed by atoms with van der Waals surface area (Å²) in [7, 11) is -3.67. The predicted molar refractivity (Wildman–Crippen MR) is 158 cm³/mol. The highest BCUT2D eigenvalue weighted by atomic mass is 32.2. The number of rotatable bonds is 9. The molecule has 15 heteroatoms. The van der Waals surface area contributed by atoms with E-state index in [2.05, 4.69) is 15.6 Å². The maximum Gasteiger partial charge on any atom is 0.336 e. The molecule has 14 nitrogen and oxygen atoms in total. The lowest BCUT2D eigenvalue weighted by Crippen LogP contribution is -2.44. The molecule has 1 heterocycles. The van der Waals surface area contributed by atoms with Gasteiger partial charge < -0.3 is 26.6 Å². The summed E-state index contributed by atoms with van der Waals surface area (Å²) >= 11 is 0. The van der Waals surface area contributed by atoms with E-state index in [-0.39, 0.29) is 33.8 Å². The maximum atomic E-state index is 13.2. The van der Waals surface area contributed by atoms with Crippen molar-refractivity contribution < 1.29 is 42.4 Å². The first-order valence-electron chi connectivity index (χ1n) is 12.5. The maximum absolute atomic E-state index is 13.2. The van der Waals surface area contributed by atoms with Crippen molar-refractivity contribution in [2.45, 2.75) is 26.8 Å². The van der Waals surface area contributed by atoms with E-state index < -0.39 is 45.8 Å². The third-order valence-electron chi connectivity index (χ3n) is 5.72. The van der Waals surface area contributed by atoms with Crippen molar-refractivity contribution in [1.82, 2.24) is 10.3 Å². The zero-order valence-electron chi connectivity index (χ0n) is 23.6. The zero-order valence-corrected chi connectivity index (χ0v) is 24.4. The van der Waals surface area contributed by atoms with Crippen LogP contribution in [0, 0.1) is 18.3 Å². The fraction of sp³-hybridized carbons (Fsp3) is 0.214. The van der Waals surface area contributed by atoms with Crippen LogP contribution in [-0.2, 0) is 14.9 Å². The Balaban J connectivity index is 0.00000119. The molecule has 0 fully saturated rings. The Bertz CT molecular complexity index is 1660. The average Bonchev–Trinajstić information content (AvgIpc) is 2.90. The first-order valence-corrected chi connectivity index (χ1v) is 14.3. The largest absolute Gasteiger partial charge is 0.480 e. The molecule has 2 aromatic carbocycles. The number of carboxylic acids is 2. The van der Waals surface area contributed by atoms with Crippen LogP contribution in [-0.4, -0.2) is 70.1 Å². The number of amidine groups is 1. The minimum Gasteiger partial charge on any atom is -0.480 e. The molecule has 0 aliphatic rings. The summed E-state index contributed by atoms with van der Waals surface area (Å²) in [4.78, 5) is 53.8. The summed E-state index contributed by atoms with van der Waals surface area (Å²) in [5, 5.41) is 31.8. The summed E-state index contributed by atoms with van der Waals surface area (Å²) in [5.74, 6) is -4.41. The molecular weight excluding hydrogens is 582 g/mol. The summed E-state index contributed by atoms with van der Waals surface area (Å²) < 4.78 is 25.9. The van der Waals surface area contributed by atoms with Gasteiger partial charge in [-0.1, -0.05) is 26.0 Å². The summed E-state index contributed by atoms with van der Waals surface area (Å²) in [6.07, 6.45) is 0.715. The van der Waals surface area contributed by atoms with Gasteiger partial charge in [-0.05, 0) is 60.9 Å². The van der Waals surface area contributed by atoms with Gasteiger partial charge in [-0.15, -0.1) is 0 Å². The number of nitrogens with one attached hydrogen (secondary N) is 3. The Morgan fingerprint density at radius 3 is 1.93 bits per heavy atom. The first-order chi connectivity index (χ1) is 19.9. The molecule has 2 amide bonds. The van der Waals surface area contributed by atoms with Crippen LogP contribution in [0.15, 0.2) is 54.6 Å². The number of nitrogens with zero attached hydrogens (tertiary/aromatic N) is 1. The van der Waals surface area contributed by atoms with Gasteiger partial charge in [0.25, 0.3) is 21.9 Å². The van der Waals surface area contributed by atoms with E-state index in [1.165, 1.54) is 12.1 Å². The number of aliphatic carboxylic acids is 1. The number of nitrogens with two attached hydrogens (primary N) is 1. The molecule has 0 spiro atoms. The number of pyridine rings is 1. The molecule has 0 bridgehead atoms. The van der Waals surface area contributed by atoms with Gasteiger partial charge in [-0.25, -0.2) is 14.6 Å². The highest BCUT2D eigenvalue weighted by molar-refractivity contribution is 7.85. The predicted octanol–water partition coefficient (Wildman–Crippen LogP) is 2.63. The van der Waals surface area contributed by atoms with Crippen molar-refractivity contribution in [3.8, 4) is 11.1 Å². The number of aromatic carboxylic acids is 1. The van der Waals surface area contributed by atoms with E-state index in [9.17, 15) is 37.8 Å². The lowest BCUT2D eigenvalue weighted by atomic mass is 9.95. The summed E-state index contributed by atoms with van der Waals surface area (Å²) in [6, 6.07) is 12.2. The van der Waals surface area contributed by atoms with Crippen molar-refractivity contribution in [2.24, 2.45) is 11.7 Å². The van der Waals surface area contributed by atoms with Crippen LogP contribution >= 0.6 is 0 Å². The third kappa shape index (κ3) is 10.0. The van der Waals surface area contributed by atoms with E-state index in [0.717, 1.165) is 6.07 Å². The number of hydrogen-bond donors (Lipinski definition) is 7.